The number of rotatable bonds is 3. The number of hydrogen-bond acceptors (Lipinski definition) is 3. The van der Waals surface area contributed by atoms with Crippen molar-refractivity contribution in [2.45, 2.75) is 45.1 Å². The average molecular weight is 268 g/mol. The lowest BCUT2D eigenvalue weighted by Crippen LogP contribution is -2.53. The van der Waals surface area contributed by atoms with Crippen LogP contribution in [0.5, 0.6) is 0 Å². The van der Waals surface area contributed by atoms with E-state index in [-0.39, 0.29) is 17.9 Å². The summed E-state index contributed by atoms with van der Waals surface area (Å²) in [5, 5.41) is 12.4. The highest BCUT2D eigenvalue weighted by atomic mass is 16.4. The standard InChI is InChI=1S/C14H24N2O3/c1-2-10-5-6-15-12(8-10)13(17)16-7-3-4-11(9-16)14(18)19/h10-12,15H,2-9H2,1H3,(H,18,19)/t10?,11-,12?/m1/s1. The van der Waals surface area contributed by atoms with E-state index in [1.54, 1.807) is 4.90 Å². The van der Waals surface area contributed by atoms with Crippen LogP contribution in [0.1, 0.15) is 39.0 Å². The van der Waals surface area contributed by atoms with Gasteiger partial charge in [0.1, 0.15) is 0 Å². The van der Waals surface area contributed by atoms with Gasteiger partial charge < -0.3 is 15.3 Å². The van der Waals surface area contributed by atoms with Crippen LogP contribution in [0.2, 0.25) is 0 Å². The molecule has 108 valence electrons. The Morgan fingerprint density at radius 2 is 2.16 bits per heavy atom. The third kappa shape index (κ3) is 3.47. The molecule has 0 spiro atoms. The number of nitrogens with zero attached hydrogens (tertiary/aromatic N) is 1. The zero-order valence-corrected chi connectivity index (χ0v) is 11.6. The maximum atomic E-state index is 12.5. The number of carbonyl (C=O) groups is 2. The third-order valence-electron chi connectivity index (χ3n) is 4.47. The van der Waals surface area contributed by atoms with Crippen molar-refractivity contribution < 1.29 is 14.7 Å². The van der Waals surface area contributed by atoms with E-state index in [1.807, 2.05) is 0 Å². The molecule has 0 saturated carbocycles. The molecule has 5 heteroatoms. The highest BCUT2D eigenvalue weighted by Gasteiger charge is 2.33. The molecule has 2 N–H and O–H groups in total. The van der Waals surface area contributed by atoms with E-state index in [4.69, 9.17) is 5.11 Å². The molecule has 0 aromatic carbocycles. The van der Waals surface area contributed by atoms with Gasteiger partial charge in [-0.2, -0.15) is 0 Å². The van der Waals surface area contributed by atoms with Gasteiger partial charge in [-0.1, -0.05) is 13.3 Å². The minimum absolute atomic E-state index is 0.101. The molecular formula is C14H24N2O3. The molecule has 3 atom stereocenters. The van der Waals surface area contributed by atoms with Crippen molar-refractivity contribution in [2.24, 2.45) is 11.8 Å². The molecule has 0 aromatic heterocycles. The van der Waals surface area contributed by atoms with Gasteiger partial charge in [-0.3, -0.25) is 9.59 Å². The number of carbonyl (C=O) groups excluding carboxylic acids is 1. The van der Waals surface area contributed by atoms with Crippen LogP contribution >= 0.6 is 0 Å². The quantitative estimate of drug-likeness (QED) is 0.804. The summed E-state index contributed by atoms with van der Waals surface area (Å²) >= 11 is 0. The molecule has 5 nitrogen and oxygen atoms in total. The normalized spacial score (nSPS) is 32.1. The van der Waals surface area contributed by atoms with Crippen LogP contribution in [0.4, 0.5) is 0 Å². The molecule has 2 aliphatic rings. The van der Waals surface area contributed by atoms with E-state index in [1.165, 1.54) is 0 Å². The Labute approximate surface area is 114 Å². The Bertz CT molecular complexity index is 346. The highest BCUT2D eigenvalue weighted by molar-refractivity contribution is 5.83. The second-order valence-electron chi connectivity index (χ2n) is 5.77. The Balaban J connectivity index is 1.93. The van der Waals surface area contributed by atoms with Crippen molar-refractivity contribution in [3.05, 3.63) is 0 Å². The van der Waals surface area contributed by atoms with Crippen LogP contribution in [0, 0.1) is 11.8 Å². The van der Waals surface area contributed by atoms with E-state index in [0.29, 0.717) is 25.4 Å². The minimum atomic E-state index is -0.777. The Hall–Kier alpha value is -1.10. The van der Waals surface area contributed by atoms with Crippen molar-refractivity contribution >= 4 is 11.9 Å². The monoisotopic (exact) mass is 268 g/mol. The molecule has 2 saturated heterocycles. The lowest BCUT2D eigenvalue weighted by atomic mass is 9.89. The predicted molar refractivity (Wildman–Crippen MR) is 71.7 cm³/mol. The summed E-state index contributed by atoms with van der Waals surface area (Å²) in [6, 6.07) is -0.105. The van der Waals surface area contributed by atoms with Gasteiger partial charge in [0.2, 0.25) is 5.91 Å². The van der Waals surface area contributed by atoms with Gasteiger partial charge in [0.15, 0.2) is 0 Å². The molecule has 19 heavy (non-hydrogen) atoms. The second kappa shape index (κ2) is 6.37. The molecule has 2 heterocycles. The lowest BCUT2D eigenvalue weighted by Gasteiger charge is -2.36. The summed E-state index contributed by atoms with van der Waals surface area (Å²) in [4.78, 5) is 25.2. The number of likely N-dealkylation sites (tertiary alicyclic amines) is 1. The number of carboxylic acid groups (broad SMARTS) is 1. The number of amides is 1. The molecule has 2 unspecified atom stereocenters. The Morgan fingerprint density at radius 1 is 1.37 bits per heavy atom. The topological polar surface area (TPSA) is 69.6 Å². The van der Waals surface area contributed by atoms with Gasteiger partial charge >= 0.3 is 5.97 Å². The van der Waals surface area contributed by atoms with Crippen LogP contribution in [0.15, 0.2) is 0 Å². The van der Waals surface area contributed by atoms with E-state index in [0.717, 1.165) is 32.2 Å². The average Bonchev–Trinajstić information content (AvgIpc) is 2.46. The summed E-state index contributed by atoms with van der Waals surface area (Å²) in [5.74, 6) is -0.442. The molecule has 2 rings (SSSR count). The zero-order valence-electron chi connectivity index (χ0n) is 11.6. The van der Waals surface area contributed by atoms with Crippen LogP contribution in [-0.2, 0) is 9.59 Å². The van der Waals surface area contributed by atoms with E-state index < -0.39 is 5.97 Å². The number of aliphatic carboxylic acids is 1. The highest BCUT2D eigenvalue weighted by Crippen LogP contribution is 2.23. The molecule has 0 bridgehead atoms. The number of carboxylic acids is 1. The SMILES string of the molecule is CCC1CCNC(C(=O)N2CCC[C@@H](C(=O)O)C2)C1. The maximum absolute atomic E-state index is 12.5. The van der Waals surface area contributed by atoms with Gasteiger partial charge in [-0.15, -0.1) is 0 Å². The molecule has 0 aromatic rings. The fraction of sp³-hybridized carbons (Fsp3) is 0.857. The fourth-order valence-corrected chi connectivity index (χ4v) is 3.15. The summed E-state index contributed by atoms with van der Waals surface area (Å²) in [7, 11) is 0. The molecule has 1 amide bonds. The third-order valence-corrected chi connectivity index (χ3v) is 4.47. The Morgan fingerprint density at radius 3 is 2.84 bits per heavy atom. The van der Waals surface area contributed by atoms with E-state index in [9.17, 15) is 9.59 Å². The maximum Gasteiger partial charge on any atom is 0.308 e. The van der Waals surface area contributed by atoms with Crippen molar-refractivity contribution in [1.29, 1.82) is 0 Å². The fourth-order valence-electron chi connectivity index (χ4n) is 3.15. The molecule has 2 aliphatic heterocycles. The first-order valence-corrected chi connectivity index (χ1v) is 7.36. The number of nitrogens with one attached hydrogen (secondary N) is 1. The molecule has 2 fully saturated rings. The number of hydrogen-bond donors (Lipinski definition) is 2. The molecular weight excluding hydrogens is 244 g/mol. The van der Waals surface area contributed by atoms with Gasteiger partial charge in [-0.05, 0) is 38.1 Å². The van der Waals surface area contributed by atoms with Crippen molar-refractivity contribution in [3.63, 3.8) is 0 Å². The second-order valence-corrected chi connectivity index (χ2v) is 5.77. The van der Waals surface area contributed by atoms with Gasteiger partial charge in [0.25, 0.3) is 0 Å². The van der Waals surface area contributed by atoms with Crippen molar-refractivity contribution in [2.75, 3.05) is 19.6 Å². The van der Waals surface area contributed by atoms with Crippen molar-refractivity contribution in [1.82, 2.24) is 10.2 Å². The van der Waals surface area contributed by atoms with Crippen LogP contribution in [0.3, 0.4) is 0 Å². The molecule has 0 radical (unpaired) electrons. The van der Waals surface area contributed by atoms with Crippen LogP contribution in [0.25, 0.3) is 0 Å². The van der Waals surface area contributed by atoms with Crippen LogP contribution in [-0.4, -0.2) is 47.6 Å². The minimum Gasteiger partial charge on any atom is -0.481 e. The smallest absolute Gasteiger partial charge is 0.308 e. The zero-order chi connectivity index (χ0) is 13.8. The van der Waals surface area contributed by atoms with E-state index >= 15 is 0 Å². The first-order valence-electron chi connectivity index (χ1n) is 7.36. The molecule has 0 aliphatic carbocycles. The van der Waals surface area contributed by atoms with Gasteiger partial charge in [0, 0.05) is 13.1 Å². The summed E-state index contributed by atoms with van der Waals surface area (Å²) in [5.41, 5.74) is 0. The van der Waals surface area contributed by atoms with Gasteiger partial charge in [0.05, 0.1) is 12.0 Å². The largest absolute Gasteiger partial charge is 0.481 e. The predicted octanol–water partition coefficient (Wildman–Crippen LogP) is 1.09. The van der Waals surface area contributed by atoms with E-state index in [2.05, 4.69) is 12.2 Å². The van der Waals surface area contributed by atoms with Crippen LogP contribution < -0.4 is 5.32 Å². The summed E-state index contributed by atoms with van der Waals surface area (Å²) in [6.07, 6.45) is 4.63. The Kier molecular flexibility index (Phi) is 4.80. The first-order chi connectivity index (χ1) is 9.11. The van der Waals surface area contributed by atoms with Crippen molar-refractivity contribution in [3.8, 4) is 0 Å². The summed E-state index contributed by atoms with van der Waals surface area (Å²) < 4.78 is 0. The number of piperidine rings is 2. The first kappa shape index (κ1) is 14.3. The van der Waals surface area contributed by atoms with Gasteiger partial charge in [-0.25, -0.2) is 0 Å². The lowest BCUT2D eigenvalue weighted by molar-refractivity contribution is -0.146. The summed E-state index contributed by atoms with van der Waals surface area (Å²) in [6.45, 7) is 4.14.